The number of hydrogen-bond donors (Lipinski definition) is 0. The fraction of sp³-hybridized carbons (Fsp3) is 0.833. The summed E-state index contributed by atoms with van der Waals surface area (Å²) in [6, 6.07) is 0. The Morgan fingerprint density at radius 2 is 1.58 bits per heavy atom. The number of rotatable bonds is 4. The van der Waals surface area contributed by atoms with E-state index in [1.165, 1.54) is 24.8 Å². The predicted octanol–water partition coefficient (Wildman–Crippen LogP) is 4.56. The molecule has 0 radical (unpaired) electrons. The molecular weight excluding hydrogens is 144 g/mol. The van der Waals surface area contributed by atoms with Gasteiger partial charge in [0.2, 0.25) is 0 Å². The average Bonchev–Trinajstić information content (AvgIpc) is 1.86. The lowest BCUT2D eigenvalue weighted by molar-refractivity contribution is 0.389. The first-order valence-electron chi connectivity index (χ1n) is 5.12. The van der Waals surface area contributed by atoms with E-state index in [-0.39, 0.29) is 0 Å². The van der Waals surface area contributed by atoms with Gasteiger partial charge in [-0.05, 0) is 32.1 Å². The maximum atomic E-state index is 2.36. The van der Waals surface area contributed by atoms with E-state index < -0.39 is 0 Å². The minimum Gasteiger partial charge on any atom is -0.0767 e. The summed E-state index contributed by atoms with van der Waals surface area (Å²) in [7, 11) is 0. The summed E-state index contributed by atoms with van der Waals surface area (Å²) in [5.41, 5.74) is 3.57. The van der Waals surface area contributed by atoms with Gasteiger partial charge in [-0.2, -0.15) is 0 Å². The van der Waals surface area contributed by atoms with Crippen LogP contribution >= 0.6 is 0 Å². The molecule has 0 heteroatoms. The largest absolute Gasteiger partial charge is 0.0767 e. The van der Waals surface area contributed by atoms with Crippen molar-refractivity contribution in [1.29, 1.82) is 0 Å². The third kappa shape index (κ3) is 3.00. The standard InChI is InChI=1S/C12H24/c1-7-9-12(5,6)11(8-2)10(3)4/h7-9H2,1-6H3. The molecule has 0 aliphatic carbocycles. The summed E-state index contributed by atoms with van der Waals surface area (Å²) in [6.07, 6.45) is 3.79. The molecule has 0 amide bonds. The molecule has 0 saturated heterocycles. The van der Waals surface area contributed by atoms with Crippen LogP contribution in [0.3, 0.4) is 0 Å². The van der Waals surface area contributed by atoms with Crippen LogP contribution in [0.2, 0.25) is 0 Å². The molecule has 0 spiro atoms. The number of allylic oxidation sites excluding steroid dienone is 2. The molecular formula is C12H24. The Morgan fingerprint density at radius 1 is 1.08 bits per heavy atom. The molecule has 0 aromatic carbocycles. The second-order valence-corrected chi connectivity index (χ2v) is 4.47. The van der Waals surface area contributed by atoms with Crippen molar-refractivity contribution in [1.82, 2.24) is 0 Å². The van der Waals surface area contributed by atoms with Gasteiger partial charge in [-0.15, -0.1) is 0 Å². The fourth-order valence-corrected chi connectivity index (χ4v) is 2.28. The highest BCUT2D eigenvalue weighted by molar-refractivity contribution is 5.17. The molecule has 12 heavy (non-hydrogen) atoms. The highest BCUT2D eigenvalue weighted by Crippen LogP contribution is 2.35. The molecule has 0 nitrogen and oxygen atoms in total. The summed E-state index contributed by atoms with van der Waals surface area (Å²) in [5.74, 6) is 0. The normalized spacial score (nSPS) is 11.5. The Hall–Kier alpha value is -0.260. The third-order valence-corrected chi connectivity index (χ3v) is 2.65. The van der Waals surface area contributed by atoms with Crippen LogP contribution in [-0.2, 0) is 0 Å². The minimum absolute atomic E-state index is 0.419. The first kappa shape index (κ1) is 11.7. The highest BCUT2D eigenvalue weighted by Gasteiger charge is 2.21. The van der Waals surface area contributed by atoms with Crippen LogP contribution in [-0.4, -0.2) is 0 Å². The average molecular weight is 168 g/mol. The predicted molar refractivity (Wildman–Crippen MR) is 57.4 cm³/mol. The van der Waals surface area contributed by atoms with Gasteiger partial charge < -0.3 is 0 Å². The summed E-state index contributed by atoms with van der Waals surface area (Å²) >= 11 is 0. The Morgan fingerprint density at radius 3 is 1.83 bits per heavy atom. The van der Waals surface area contributed by atoms with Crippen molar-refractivity contribution in [2.45, 2.75) is 60.8 Å². The molecule has 0 N–H and O–H groups in total. The molecule has 0 heterocycles. The van der Waals surface area contributed by atoms with E-state index in [1.807, 2.05) is 0 Å². The van der Waals surface area contributed by atoms with E-state index in [1.54, 1.807) is 5.57 Å². The zero-order valence-corrected chi connectivity index (χ0v) is 9.62. The molecule has 72 valence electrons. The van der Waals surface area contributed by atoms with Gasteiger partial charge in [0.15, 0.2) is 0 Å². The highest BCUT2D eigenvalue weighted by atomic mass is 14.3. The van der Waals surface area contributed by atoms with E-state index in [9.17, 15) is 0 Å². The molecule has 0 rings (SSSR count). The van der Waals surface area contributed by atoms with E-state index >= 15 is 0 Å². The van der Waals surface area contributed by atoms with Gasteiger partial charge in [0, 0.05) is 0 Å². The first-order chi connectivity index (χ1) is 5.45. The lowest BCUT2D eigenvalue weighted by atomic mass is 9.77. The van der Waals surface area contributed by atoms with Gasteiger partial charge in [0.1, 0.15) is 0 Å². The van der Waals surface area contributed by atoms with Crippen molar-refractivity contribution in [3.05, 3.63) is 11.1 Å². The zero-order chi connectivity index (χ0) is 9.78. The first-order valence-corrected chi connectivity index (χ1v) is 5.12. The van der Waals surface area contributed by atoms with Crippen LogP contribution < -0.4 is 0 Å². The second kappa shape index (κ2) is 4.69. The van der Waals surface area contributed by atoms with E-state index in [0.29, 0.717) is 5.41 Å². The Kier molecular flexibility index (Phi) is 4.59. The SMILES string of the molecule is CCCC(C)(C)C(CC)=C(C)C. The van der Waals surface area contributed by atoms with Crippen LogP contribution in [0.1, 0.15) is 60.8 Å². The van der Waals surface area contributed by atoms with Crippen molar-refractivity contribution in [2.24, 2.45) is 5.41 Å². The molecule has 0 aromatic rings. The Labute approximate surface area is 78.1 Å². The summed E-state index contributed by atoms with van der Waals surface area (Å²) in [5, 5.41) is 0. The van der Waals surface area contributed by atoms with Crippen LogP contribution in [0.5, 0.6) is 0 Å². The van der Waals surface area contributed by atoms with Gasteiger partial charge in [0.25, 0.3) is 0 Å². The van der Waals surface area contributed by atoms with Gasteiger partial charge in [-0.1, -0.05) is 45.3 Å². The van der Waals surface area contributed by atoms with Crippen LogP contribution in [0, 0.1) is 5.41 Å². The molecule has 0 fully saturated rings. The smallest absolute Gasteiger partial charge is 0.0142 e. The third-order valence-electron chi connectivity index (χ3n) is 2.65. The van der Waals surface area contributed by atoms with E-state index in [0.717, 1.165) is 0 Å². The second-order valence-electron chi connectivity index (χ2n) is 4.47. The molecule has 0 unspecified atom stereocenters. The maximum Gasteiger partial charge on any atom is -0.0142 e. The Balaban J connectivity index is 4.61. The molecule has 0 aliphatic rings. The zero-order valence-electron chi connectivity index (χ0n) is 9.62. The lowest BCUT2D eigenvalue weighted by Crippen LogP contribution is -2.15. The molecule has 0 atom stereocenters. The molecule has 0 bridgehead atoms. The van der Waals surface area contributed by atoms with Crippen LogP contribution in [0.25, 0.3) is 0 Å². The molecule has 0 aliphatic heterocycles. The van der Waals surface area contributed by atoms with Crippen LogP contribution in [0.15, 0.2) is 11.1 Å². The van der Waals surface area contributed by atoms with E-state index in [4.69, 9.17) is 0 Å². The summed E-state index contributed by atoms with van der Waals surface area (Å²) < 4.78 is 0. The Bertz CT molecular complexity index is 157. The quantitative estimate of drug-likeness (QED) is 0.540. The van der Waals surface area contributed by atoms with Gasteiger partial charge in [0.05, 0.1) is 0 Å². The van der Waals surface area contributed by atoms with Gasteiger partial charge >= 0.3 is 0 Å². The van der Waals surface area contributed by atoms with Crippen molar-refractivity contribution >= 4 is 0 Å². The fourth-order valence-electron chi connectivity index (χ4n) is 2.28. The minimum atomic E-state index is 0.419. The topological polar surface area (TPSA) is 0 Å². The van der Waals surface area contributed by atoms with Crippen molar-refractivity contribution in [3.63, 3.8) is 0 Å². The molecule has 0 aromatic heterocycles. The maximum absolute atomic E-state index is 2.36. The lowest BCUT2D eigenvalue weighted by Gasteiger charge is -2.28. The summed E-state index contributed by atoms with van der Waals surface area (Å²) in [4.78, 5) is 0. The summed E-state index contributed by atoms with van der Waals surface area (Å²) in [6.45, 7) is 13.7. The van der Waals surface area contributed by atoms with Crippen molar-refractivity contribution in [3.8, 4) is 0 Å². The van der Waals surface area contributed by atoms with E-state index in [2.05, 4.69) is 41.5 Å². The van der Waals surface area contributed by atoms with Crippen molar-refractivity contribution in [2.75, 3.05) is 0 Å². The molecule has 0 saturated carbocycles. The monoisotopic (exact) mass is 168 g/mol. The van der Waals surface area contributed by atoms with Crippen molar-refractivity contribution < 1.29 is 0 Å². The van der Waals surface area contributed by atoms with Crippen LogP contribution in [0.4, 0.5) is 0 Å². The number of hydrogen-bond acceptors (Lipinski definition) is 0. The van der Waals surface area contributed by atoms with Gasteiger partial charge in [-0.3, -0.25) is 0 Å². The van der Waals surface area contributed by atoms with Gasteiger partial charge in [-0.25, -0.2) is 0 Å².